The lowest BCUT2D eigenvalue weighted by atomic mass is 10.1. The zero-order chi connectivity index (χ0) is 14.3. The molecular formula is C15H11ClN2O2. The van der Waals surface area contributed by atoms with Gasteiger partial charge in [0.05, 0.1) is 16.2 Å². The maximum absolute atomic E-state index is 12.0. The van der Waals surface area contributed by atoms with Crippen molar-refractivity contribution >= 4 is 44.9 Å². The van der Waals surface area contributed by atoms with Gasteiger partial charge in [-0.05, 0) is 23.6 Å². The van der Waals surface area contributed by atoms with Gasteiger partial charge < -0.3 is 10.3 Å². The van der Waals surface area contributed by atoms with Crippen molar-refractivity contribution in [3.05, 3.63) is 51.8 Å². The lowest BCUT2D eigenvalue weighted by Gasteiger charge is -2.09. The Morgan fingerprint density at radius 1 is 1.15 bits per heavy atom. The summed E-state index contributed by atoms with van der Waals surface area (Å²) in [5.41, 5.74) is 0.962. The van der Waals surface area contributed by atoms with Gasteiger partial charge in [0.25, 0.3) is 5.56 Å². The van der Waals surface area contributed by atoms with Crippen LogP contribution in [0.2, 0.25) is 5.02 Å². The number of rotatable bonds is 1. The summed E-state index contributed by atoms with van der Waals surface area (Å²) in [5, 5.41) is 5.37. The summed E-state index contributed by atoms with van der Waals surface area (Å²) in [6.45, 7) is 1.41. The number of fused-ring (bicyclic) bond motifs is 3. The van der Waals surface area contributed by atoms with Gasteiger partial charge in [-0.25, -0.2) is 0 Å². The van der Waals surface area contributed by atoms with Crippen LogP contribution in [-0.2, 0) is 4.79 Å². The Morgan fingerprint density at radius 2 is 1.85 bits per heavy atom. The highest BCUT2D eigenvalue weighted by molar-refractivity contribution is 6.35. The van der Waals surface area contributed by atoms with Crippen LogP contribution in [-0.4, -0.2) is 10.9 Å². The predicted octanol–water partition coefficient (Wildman–Crippen LogP) is 3.29. The molecule has 20 heavy (non-hydrogen) atoms. The second kappa shape index (κ2) is 4.65. The van der Waals surface area contributed by atoms with E-state index in [1.165, 1.54) is 6.92 Å². The highest BCUT2D eigenvalue weighted by Crippen LogP contribution is 2.30. The number of benzene rings is 2. The van der Waals surface area contributed by atoms with Crippen LogP contribution in [0.15, 0.2) is 41.2 Å². The number of amides is 1. The SMILES string of the molecule is CC(=O)Nc1cc2[nH]c(=O)c3ccccc3c2cc1Cl. The third kappa shape index (κ3) is 2.04. The van der Waals surface area contributed by atoms with E-state index in [-0.39, 0.29) is 11.5 Å². The van der Waals surface area contributed by atoms with Crippen molar-refractivity contribution < 1.29 is 4.79 Å². The van der Waals surface area contributed by atoms with Crippen molar-refractivity contribution in [2.24, 2.45) is 0 Å². The molecule has 4 nitrogen and oxygen atoms in total. The van der Waals surface area contributed by atoms with Gasteiger partial charge in [-0.15, -0.1) is 0 Å². The van der Waals surface area contributed by atoms with Crippen molar-refractivity contribution in [1.82, 2.24) is 4.98 Å². The molecule has 0 aliphatic heterocycles. The average molecular weight is 287 g/mol. The van der Waals surface area contributed by atoms with Crippen molar-refractivity contribution in [2.75, 3.05) is 5.32 Å². The smallest absolute Gasteiger partial charge is 0.256 e. The molecule has 0 saturated carbocycles. The molecule has 1 heterocycles. The van der Waals surface area contributed by atoms with Crippen molar-refractivity contribution in [3.63, 3.8) is 0 Å². The molecule has 100 valence electrons. The molecule has 3 aromatic rings. The van der Waals surface area contributed by atoms with Crippen molar-refractivity contribution in [3.8, 4) is 0 Å². The number of aromatic nitrogens is 1. The minimum Gasteiger partial charge on any atom is -0.325 e. The first-order valence-electron chi connectivity index (χ1n) is 6.08. The topological polar surface area (TPSA) is 62.0 Å². The Kier molecular flexibility index (Phi) is 2.95. The zero-order valence-electron chi connectivity index (χ0n) is 10.7. The van der Waals surface area contributed by atoms with E-state index >= 15 is 0 Å². The fourth-order valence-electron chi connectivity index (χ4n) is 2.29. The first-order valence-corrected chi connectivity index (χ1v) is 6.46. The third-order valence-electron chi connectivity index (χ3n) is 3.13. The Labute approximate surface area is 119 Å². The fraction of sp³-hybridized carbons (Fsp3) is 0.0667. The van der Waals surface area contributed by atoms with Gasteiger partial charge in [0, 0.05) is 17.7 Å². The van der Waals surface area contributed by atoms with E-state index in [4.69, 9.17) is 11.6 Å². The van der Waals surface area contributed by atoms with Crippen LogP contribution in [0.1, 0.15) is 6.92 Å². The standard InChI is InChI=1S/C15H11ClN2O2/c1-8(19)17-14-7-13-11(6-12(14)16)9-4-2-3-5-10(9)15(20)18-13/h2-7H,1H3,(H,17,19)(H,18,20). The maximum atomic E-state index is 12.0. The van der Waals surface area contributed by atoms with E-state index in [0.29, 0.717) is 21.6 Å². The molecule has 0 unspecified atom stereocenters. The molecule has 1 aromatic heterocycles. The molecule has 1 amide bonds. The van der Waals surface area contributed by atoms with Crippen molar-refractivity contribution in [1.29, 1.82) is 0 Å². The molecule has 0 fully saturated rings. The molecule has 0 aliphatic carbocycles. The Balaban J connectivity index is 2.40. The number of hydrogen-bond donors (Lipinski definition) is 2. The highest BCUT2D eigenvalue weighted by atomic mass is 35.5. The molecule has 2 aromatic carbocycles. The van der Waals surface area contributed by atoms with E-state index in [9.17, 15) is 9.59 Å². The summed E-state index contributed by atoms with van der Waals surface area (Å²) in [6.07, 6.45) is 0. The predicted molar refractivity (Wildman–Crippen MR) is 81.4 cm³/mol. The van der Waals surface area contributed by atoms with Crippen LogP contribution in [0, 0.1) is 0 Å². The largest absolute Gasteiger partial charge is 0.325 e. The van der Waals surface area contributed by atoms with Gasteiger partial charge in [0.1, 0.15) is 0 Å². The number of pyridine rings is 1. The molecule has 0 aliphatic rings. The fourth-order valence-corrected chi connectivity index (χ4v) is 2.50. The van der Waals surface area contributed by atoms with Crippen LogP contribution >= 0.6 is 11.6 Å². The van der Waals surface area contributed by atoms with E-state index in [2.05, 4.69) is 10.3 Å². The number of carbonyl (C=O) groups is 1. The quantitative estimate of drug-likeness (QED) is 0.674. The highest BCUT2D eigenvalue weighted by Gasteiger charge is 2.09. The summed E-state index contributed by atoms with van der Waals surface area (Å²) in [5.74, 6) is -0.214. The molecule has 0 spiro atoms. The number of aromatic amines is 1. The minimum absolute atomic E-state index is 0.163. The summed E-state index contributed by atoms with van der Waals surface area (Å²) >= 11 is 6.18. The second-order valence-corrected chi connectivity index (χ2v) is 4.97. The summed E-state index contributed by atoms with van der Waals surface area (Å²) in [7, 11) is 0. The summed E-state index contributed by atoms with van der Waals surface area (Å²) in [6, 6.07) is 10.8. The van der Waals surface area contributed by atoms with E-state index < -0.39 is 0 Å². The molecule has 3 rings (SSSR count). The van der Waals surface area contributed by atoms with E-state index in [1.54, 1.807) is 18.2 Å². The second-order valence-electron chi connectivity index (χ2n) is 4.56. The van der Waals surface area contributed by atoms with Crippen LogP contribution in [0.5, 0.6) is 0 Å². The van der Waals surface area contributed by atoms with Gasteiger partial charge in [-0.3, -0.25) is 9.59 Å². The number of nitrogens with one attached hydrogen (secondary N) is 2. The van der Waals surface area contributed by atoms with Crippen LogP contribution in [0.3, 0.4) is 0 Å². The lowest BCUT2D eigenvalue weighted by Crippen LogP contribution is -2.09. The molecule has 0 saturated heterocycles. The van der Waals surface area contributed by atoms with Gasteiger partial charge in [-0.2, -0.15) is 0 Å². The first-order chi connectivity index (χ1) is 9.56. The number of hydrogen-bond acceptors (Lipinski definition) is 2. The number of halogens is 1. The molecule has 0 atom stereocenters. The average Bonchev–Trinajstić information content (AvgIpc) is 2.41. The maximum Gasteiger partial charge on any atom is 0.256 e. The van der Waals surface area contributed by atoms with Gasteiger partial charge in [0.2, 0.25) is 5.91 Å². The third-order valence-corrected chi connectivity index (χ3v) is 3.44. The molecule has 5 heteroatoms. The van der Waals surface area contributed by atoms with Crippen molar-refractivity contribution in [2.45, 2.75) is 6.92 Å². The van der Waals surface area contributed by atoms with E-state index in [0.717, 1.165) is 10.8 Å². The van der Waals surface area contributed by atoms with Gasteiger partial charge in [0.15, 0.2) is 0 Å². The Morgan fingerprint density at radius 3 is 2.55 bits per heavy atom. The van der Waals surface area contributed by atoms with Gasteiger partial charge >= 0.3 is 0 Å². The molecule has 2 N–H and O–H groups in total. The van der Waals surface area contributed by atoms with E-state index in [1.807, 2.05) is 18.2 Å². The number of anilines is 1. The summed E-state index contributed by atoms with van der Waals surface area (Å²) in [4.78, 5) is 26.0. The van der Waals surface area contributed by atoms with Gasteiger partial charge in [-0.1, -0.05) is 29.8 Å². The normalized spacial score (nSPS) is 10.9. The zero-order valence-corrected chi connectivity index (χ0v) is 11.4. The minimum atomic E-state index is -0.214. The summed E-state index contributed by atoms with van der Waals surface area (Å²) < 4.78 is 0. The lowest BCUT2D eigenvalue weighted by molar-refractivity contribution is -0.114. The molecular weight excluding hydrogens is 276 g/mol. The van der Waals surface area contributed by atoms with Crippen LogP contribution in [0.25, 0.3) is 21.7 Å². The van der Waals surface area contributed by atoms with Crippen LogP contribution < -0.4 is 10.9 Å². The monoisotopic (exact) mass is 286 g/mol. The van der Waals surface area contributed by atoms with Crippen LogP contribution in [0.4, 0.5) is 5.69 Å². The Hall–Kier alpha value is -2.33. The molecule has 0 radical (unpaired) electrons. The first kappa shape index (κ1) is 12.7. The number of carbonyl (C=O) groups excluding carboxylic acids is 1. The Bertz CT molecular complexity index is 899. The molecule has 0 bridgehead atoms. The number of H-pyrrole nitrogens is 1.